The zero-order valence-corrected chi connectivity index (χ0v) is 14.6. The van der Waals surface area contributed by atoms with Gasteiger partial charge in [0.1, 0.15) is 5.75 Å². The smallest absolute Gasteiger partial charge is 0.138 e. The van der Waals surface area contributed by atoms with Crippen LogP contribution in [0.25, 0.3) is 0 Å². The molecule has 1 aromatic rings. The molecule has 0 aromatic heterocycles. The van der Waals surface area contributed by atoms with Crippen molar-refractivity contribution in [2.45, 2.75) is 59.0 Å². The van der Waals surface area contributed by atoms with Crippen molar-refractivity contribution >= 4 is 23.2 Å². The summed E-state index contributed by atoms with van der Waals surface area (Å²) in [5.41, 5.74) is 1.07. The number of aromatic hydroxyl groups is 1. The van der Waals surface area contributed by atoms with Gasteiger partial charge < -0.3 is 10.4 Å². The van der Waals surface area contributed by atoms with Crippen molar-refractivity contribution in [3.8, 4) is 5.75 Å². The second kappa shape index (κ2) is 6.76. The lowest BCUT2D eigenvalue weighted by Crippen LogP contribution is -2.43. The molecule has 0 aliphatic heterocycles. The molecule has 2 N–H and O–H groups in total. The Labute approximate surface area is 137 Å². The van der Waals surface area contributed by atoms with Crippen LogP contribution in [0.1, 0.15) is 52.0 Å². The molecule has 118 valence electrons. The van der Waals surface area contributed by atoms with Crippen molar-refractivity contribution in [3.63, 3.8) is 0 Å². The van der Waals surface area contributed by atoms with E-state index in [0.29, 0.717) is 34.0 Å². The third kappa shape index (κ3) is 4.28. The van der Waals surface area contributed by atoms with Crippen LogP contribution in [0.5, 0.6) is 5.75 Å². The van der Waals surface area contributed by atoms with Crippen LogP contribution in [0.15, 0.2) is 12.1 Å². The summed E-state index contributed by atoms with van der Waals surface area (Å²) < 4.78 is 0. The monoisotopic (exact) mass is 329 g/mol. The van der Waals surface area contributed by atoms with Crippen LogP contribution < -0.4 is 5.32 Å². The highest BCUT2D eigenvalue weighted by molar-refractivity contribution is 6.35. The molecule has 2 rings (SSSR count). The molecule has 4 heteroatoms. The summed E-state index contributed by atoms with van der Waals surface area (Å²) in [4.78, 5) is 0. The van der Waals surface area contributed by atoms with Gasteiger partial charge in [0.25, 0.3) is 0 Å². The summed E-state index contributed by atoms with van der Waals surface area (Å²) in [7, 11) is 0. The first-order valence-corrected chi connectivity index (χ1v) is 8.45. The van der Waals surface area contributed by atoms with Crippen LogP contribution in [0, 0.1) is 11.3 Å². The van der Waals surface area contributed by atoms with Crippen LogP contribution in [0.4, 0.5) is 0 Å². The van der Waals surface area contributed by atoms with Gasteiger partial charge in [-0.25, -0.2) is 0 Å². The van der Waals surface area contributed by atoms with Crippen LogP contribution in [-0.4, -0.2) is 11.1 Å². The largest absolute Gasteiger partial charge is 0.506 e. The summed E-state index contributed by atoms with van der Waals surface area (Å²) in [5.74, 6) is 0.791. The number of halogens is 2. The molecule has 1 aliphatic rings. The molecule has 1 aromatic carbocycles. The molecule has 0 bridgehead atoms. The van der Waals surface area contributed by atoms with Crippen LogP contribution >= 0.6 is 23.2 Å². The molecule has 0 spiro atoms. The Morgan fingerprint density at radius 3 is 2.52 bits per heavy atom. The minimum absolute atomic E-state index is 0.136. The number of phenols is 1. The minimum Gasteiger partial charge on any atom is -0.506 e. The van der Waals surface area contributed by atoms with E-state index in [2.05, 4.69) is 26.1 Å². The maximum atomic E-state index is 10.0. The van der Waals surface area contributed by atoms with Crippen molar-refractivity contribution in [2.75, 3.05) is 0 Å². The van der Waals surface area contributed by atoms with Gasteiger partial charge in [0.15, 0.2) is 0 Å². The average Bonchev–Trinajstić information content (AvgIpc) is 2.40. The molecule has 0 saturated heterocycles. The first-order valence-electron chi connectivity index (χ1n) is 7.69. The Morgan fingerprint density at radius 1 is 1.19 bits per heavy atom. The zero-order valence-electron chi connectivity index (χ0n) is 13.0. The van der Waals surface area contributed by atoms with Gasteiger partial charge in [-0.15, -0.1) is 0 Å². The molecule has 2 nitrogen and oxygen atoms in total. The van der Waals surface area contributed by atoms with E-state index in [4.69, 9.17) is 23.2 Å². The molecule has 1 saturated carbocycles. The topological polar surface area (TPSA) is 32.3 Å². The van der Waals surface area contributed by atoms with Gasteiger partial charge in [0.2, 0.25) is 0 Å². The second-order valence-corrected chi connectivity index (χ2v) is 7.98. The Kier molecular flexibility index (Phi) is 5.45. The molecule has 1 fully saturated rings. The fourth-order valence-corrected chi connectivity index (χ4v) is 3.94. The molecular weight excluding hydrogens is 305 g/mol. The third-order valence-corrected chi connectivity index (χ3v) is 5.05. The number of benzene rings is 1. The predicted molar refractivity (Wildman–Crippen MR) is 90.2 cm³/mol. The summed E-state index contributed by atoms with van der Waals surface area (Å²) in [6.45, 7) is 7.53. The van der Waals surface area contributed by atoms with Crippen LogP contribution in [0.3, 0.4) is 0 Å². The fraction of sp³-hybridized carbons (Fsp3) is 0.647. The highest BCUT2D eigenvalue weighted by atomic mass is 35.5. The molecule has 1 aliphatic carbocycles. The van der Waals surface area contributed by atoms with Crippen molar-refractivity contribution in [1.29, 1.82) is 0 Å². The highest BCUT2D eigenvalue weighted by Crippen LogP contribution is 2.38. The maximum absolute atomic E-state index is 10.0. The van der Waals surface area contributed by atoms with E-state index >= 15 is 0 Å². The molecule has 0 heterocycles. The zero-order chi connectivity index (χ0) is 15.6. The van der Waals surface area contributed by atoms with Crippen molar-refractivity contribution in [2.24, 2.45) is 11.3 Å². The first-order chi connectivity index (χ1) is 9.79. The van der Waals surface area contributed by atoms with E-state index in [-0.39, 0.29) is 5.75 Å². The summed E-state index contributed by atoms with van der Waals surface area (Å²) in [5, 5.41) is 14.5. The number of hydrogen-bond donors (Lipinski definition) is 2. The second-order valence-electron chi connectivity index (χ2n) is 7.14. The van der Waals surface area contributed by atoms with Gasteiger partial charge in [-0.1, -0.05) is 56.8 Å². The van der Waals surface area contributed by atoms with E-state index in [1.165, 1.54) is 25.7 Å². The number of hydrogen-bond acceptors (Lipinski definition) is 2. The highest BCUT2D eigenvalue weighted by Gasteiger charge is 2.33. The molecule has 21 heavy (non-hydrogen) atoms. The summed E-state index contributed by atoms with van der Waals surface area (Å²) in [6, 6.07) is 3.83. The van der Waals surface area contributed by atoms with E-state index in [0.717, 1.165) is 5.56 Å². The summed E-state index contributed by atoms with van der Waals surface area (Å²) in [6.07, 6.45) is 5.04. The normalized spacial score (nSPS) is 23.3. The number of phenolic OH excluding ortho intramolecular Hbond substituents is 1. The standard InChI is InChI=1S/C17H25Cl2NO/c1-17(2,3)13-6-4-5-7-15(13)20-10-11-8-12(18)9-14(19)16(11)21/h8-9,13,15,20-21H,4-7,10H2,1-3H3. The maximum Gasteiger partial charge on any atom is 0.138 e. The number of rotatable bonds is 3. The lowest BCUT2D eigenvalue weighted by Gasteiger charge is -2.41. The average molecular weight is 330 g/mol. The van der Waals surface area contributed by atoms with E-state index in [1.54, 1.807) is 12.1 Å². The lowest BCUT2D eigenvalue weighted by molar-refractivity contribution is 0.130. The number of nitrogens with one attached hydrogen (secondary N) is 1. The van der Waals surface area contributed by atoms with Crippen molar-refractivity contribution in [1.82, 2.24) is 5.32 Å². The van der Waals surface area contributed by atoms with E-state index in [1.807, 2.05) is 0 Å². The Hall–Kier alpha value is -0.440. The minimum atomic E-state index is 0.136. The van der Waals surface area contributed by atoms with Crippen molar-refractivity contribution in [3.05, 3.63) is 27.7 Å². The van der Waals surface area contributed by atoms with Gasteiger partial charge >= 0.3 is 0 Å². The summed E-state index contributed by atoms with van der Waals surface area (Å²) >= 11 is 12.0. The first kappa shape index (κ1) is 16.9. The van der Waals surface area contributed by atoms with E-state index < -0.39 is 0 Å². The van der Waals surface area contributed by atoms with Gasteiger partial charge in [-0.3, -0.25) is 0 Å². The quantitative estimate of drug-likeness (QED) is 0.778. The lowest BCUT2D eigenvalue weighted by atomic mass is 9.69. The predicted octanol–water partition coefficient (Wildman–Crippen LogP) is 5.39. The SMILES string of the molecule is CC(C)(C)C1CCCCC1NCc1cc(Cl)cc(Cl)c1O. The molecule has 2 atom stereocenters. The van der Waals surface area contributed by atoms with E-state index in [9.17, 15) is 5.11 Å². The van der Waals surface area contributed by atoms with Crippen molar-refractivity contribution < 1.29 is 5.11 Å². The third-order valence-electron chi connectivity index (χ3n) is 4.54. The fourth-order valence-electron chi connectivity index (χ4n) is 3.41. The Morgan fingerprint density at radius 2 is 1.86 bits per heavy atom. The Bertz CT molecular complexity index is 496. The van der Waals surface area contributed by atoms with Gasteiger partial charge in [0, 0.05) is 23.2 Å². The molecule has 2 unspecified atom stereocenters. The molecule has 0 amide bonds. The Balaban J connectivity index is 2.08. The van der Waals surface area contributed by atoms with Crippen LogP contribution in [-0.2, 0) is 6.54 Å². The van der Waals surface area contributed by atoms with Gasteiger partial charge in [0.05, 0.1) is 5.02 Å². The molecule has 0 radical (unpaired) electrons. The van der Waals surface area contributed by atoms with Crippen LogP contribution in [0.2, 0.25) is 10.0 Å². The molecular formula is C17H25Cl2NO. The van der Waals surface area contributed by atoms with Gasteiger partial charge in [-0.2, -0.15) is 0 Å². The van der Waals surface area contributed by atoms with Gasteiger partial charge in [-0.05, 0) is 36.3 Å².